The van der Waals surface area contributed by atoms with E-state index in [1.807, 2.05) is 42.7 Å². The third-order valence-electron chi connectivity index (χ3n) is 7.89. The molecular formula is C36H25N3O. The number of aliphatic imine (C=N–C) groups is 1. The van der Waals surface area contributed by atoms with Crippen LogP contribution in [-0.2, 0) is 6.42 Å². The van der Waals surface area contributed by atoms with E-state index in [9.17, 15) is 0 Å². The van der Waals surface area contributed by atoms with Crippen LogP contribution in [0.2, 0.25) is 0 Å². The number of para-hydroxylation sites is 1. The predicted molar refractivity (Wildman–Crippen MR) is 165 cm³/mol. The van der Waals surface area contributed by atoms with Crippen LogP contribution in [0.5, 0.6) is 0 Å². The van der Waals surface area contributed by atoms with Crippen LogP contribution in [0.3, 0.4) is 0 Å². The Morgan fingerprint density at radius 1 is 0.725 bits per heavy atom. The molecule has 5 aromatic carbocycles. The van der Waals surface area contributed by atoms with Gasteiger partial charge in [0.25, 0.3) is 0 Å². The quantitative estimate of drug-likeness (QED) is 0.174. The van der Waals surface area contributed by atoms with E-state index in [2.05, 4.69) is 95.7 Å². The van der Waals surface area contributed by atoms with Crippen molar-refractivity contribution in [2.24, 2.45) is 4.99 Å². The fraction of sp³-hybridized carbons (Fsp3) is 0.0556. The van der Waals surface area contributed by atoms with Gasteiger partial charge in [-0.05, 0) is 59.2 Å². The van der Waals surface area contributed by atoms with Gasteiger partial charge in [-0.2, -0.15) is 0 Å². The Kier molecular flexibility index (Phi) is 5.07. The number of aromatic nitrogens is 1. The summed E-state index contributed by atoms with van der Waals surface area (Å²) >= 11 is 0. The van der Waals surface area contributed by atoms with Crippen molar-refractivity contribution < 1.29 is 4.42 Å². The lowest BCUT2D eigenvalue weighted by atomic mass is 9.89. The van der Waals surface area contributed by atoms with Crippen molar-refractivity contribution in [2.45, 2.75) is 13.3 Å². The fourth-order valence-electron chi connectivity index (χ4n) is 6.12. The Bertz CT molecular complexity index is 2100. The third-order valence-corrected chi connectivity index (χ3v) is 7.89. The SMILES string of the molecule is CC(=Nc1c(Cc2ccncc2)oc2ccccc12)N1c2c(ccc3ccccc23)-c2cccc3cccc1c23. The van der Waals surface area contributed by atoms with Gasteiger partial charge >= 0.3 is 0 Å². The third kappa shape index (κ3) is 3.46. The maximum atomic E-state index is 6.40. The molecule has 0 radical (unpaired) electrons. The molecule has 0 aliphatic carbocycles. The maximum absolute atomic E-state index is 6.40. The van der Waals surface area contributed by atoms with Crippen molar-refractivity contribution in [3.05, 3.63) is 133 Å². The van der Waals surface area contributed by atoms with E-state index in [0.717, 1.165) is 45.2 Å². The van der Waals surface area contributed by atoms with Crippen LogP contribution in [0.1, 0.15) is 18.2 Å². The summed E-state index contributed by atoms with van der Waals surface area (Å²) in [6, 6.07) is 38.4. The number of nitrogens with zero attached hydrogens (tertiary/aromatic N) is 3. The van der Waals surface area contributed by atoms with E-state index in [-0.39, 0.29) is 0 Å². The topological polar surface area (TPSA) is 41.6 Å². The largest absolute Gasteiger partial charge is 0.458 e. The zero-order chi connectivity index (χ0) is 26.6. The summed E-state index contributed by atoms with van der Waals surface area (Å²) in [6.07, 6.45) is 4.28. The molecule has 3 heterocycles. The lowest BCUT2D eigenvalue weighted by Crippen LogP contribution is -2.26. The van der Waals surface area contributed by atoms with Gasteiger partial charge in [0.2, 0.25) is 0 Å². The molecule has 0 bridgehead atoms. The highest BCUT2D eigenvalue weighted by atomic mass is 16.3. The molecule has 1 aliphatic rings. The molecular weight excluding hydrogens is 490 g/mol. The second-order valence-corrected chi connectivity index (χ2v) is 10.3. The molecule has 2 aromatic heterocycles. The number of hydrogen-bond acceptors (Lipinski definition) is 3. The van der Waals surface area contributed by atoms with Crippen molar-refractivity contribution in [1.29, 1.82) is 0 Å². The standard InChI is InChI=1S/C36H25N3O/c1-23(38-35-30-12-4-5-15-32(30)40-33(35)22-24-18-20-37-21-19-24)39-31-14-7-10-26-9-6-13-28(34(26)31)29-17-16-25-8-2-3-11-27(25)36(29)39/h2-21H,22H2,1H3. The Balaban J connectivity index is 1.40. The van der Waals surface area contributed by atoms with Crippen LogP contribution in [0.4, 0.5) is 17.1 Å². The van der Waals surface area contributed by atoms with E-state index < -0.39 is 0 Å². The van der Waals surface area contributed by atoms with Crippen LogP contribution < -0.4 is 4.90 Å². The van der Waals surface area contributed by atoms with Gasteiger partial charge in [0, 0.05) is 40.5 Å². The van der Waals surface area contributed by atoms with Crippen molar-refractivity contribution >= 4 is 55.4 Å². The first-order chi connectivity index (χ1) is 19.8. The molecule has 1 aliphatic heterocycles. The number of pyridine rings is 1. The Labute approximate surface area is 231 Å². The molecule has 0 N–H and O–H groups in total. The van der Waals surface area contributed by atoms with Gasteiger partial charge < -0.3 is 4.42 Å². The lowest BCUT2D eigenvalue weighted by molar-refractivity contribution is 0.564. The van der Waals surface area contributed by atoms with Gasteiger partial charge in [0.15, 0.2) is 0 Å². The number of anilines is 2. The molecule has 0 atom stereocenters. The number of benzene rings is 5. The highest BCUT2D eigenvalue weighted by Gasteiger charge is 2.28. The Hall–Kier alpha value is -5.22. The number of furan rings is 1. The molecule has 7 aromatic rings. The molecule has 8 rings (SSSR count). The van der Waals surface area contributed by atoms with Gasteiger partial charge in [-0.3, -0.25) is 9.88 Å². The summed E-state index contributed by atoms with van der Waals surface area (Å²) in [5.74, 6) is 1.74. The molecule has 0 spiro atoms. The minimum absolute atomic E-state index is 0.640. The van der Waals surface area contributed by atoms with Crippen LogP contribution in [0.25, 0.3) is 43.6 Å². The Morgan fingerprint density at radius 3 is 2.35 bits per heavy atom. The summed E-state index contributed by atoms with van der Waals surface area (Å²) in [5, 5.41) is 5.89. The minimum atomic E-state index is 0.640. The monoisotopic (exact) mass is 515 g/mol. The van der Waals surface area contributed by atoms with E-state index in [0.29, 0.717) is 6.42 Å². The molecule has 0 fully saturated rings. The lowest BCUT2D eigenvalue weighted by Gasteiger charge is -2.34. The first-order valence-electron chi connectivity index (χ1n) is 13.5. The Morgan fingerprint density at radius 2 is 1.48 bits per heavy atom. The zero-order valence-corrected chi connectivity index (χ0v) is 22.0. The average molecular weight is 516 g/mol. The zero-order valence-electron chi connectivity index (χ0n) is 22.0. The minimum Gasteiger partial charge on any atom is -0.458 e. The molecule has 190 valence electrons. The summed E-state index contributed by atoms with van der Waals surface area (Å²) < 4.78 is 6.40. The molecule has 4 heteroatoms. The van der Waals surface area contributed by atoms with Crippen molar-refractivity contribution in [3.63, 3.8) is 0 Å². The maximum Gasteiger partial charge on any atom is 0.136 e. The first-order valence-corrected chi connectivity index (χ1v) is 13.5. The van der Waals surface area contributed by atoms with Crippen LogP contribution >= 0.6 is 0 Å². The second kappa shape index (κ2) is 8.92. The van der Waals surface area contributed by atoms with Gasteiger partial charge in [-0.15, -0.1) is 0 Å². The van der Waals surface area contributed by atoms with E-state index in [1.165, 1.54) is 32.7 Å². The highest BCUT2D eigenvalue weighted by molar-refractivity contribution is 6.24. The molecule has 0 saturated carbocycles. The molecule has 0 amide bonds. The van der Waals surface area contributed by atoms with E-state index in [4.69, 9.17) is 9.41 Å². The summed E-state index contributed by atoms with van der Waals surface area (Å²) in [6.45, 7) is 2.11. The van der Waals surface area contributed by atoms with Crippen LogP contribution in [-0.4, -0.2) is 10.8 Å². The van der Waals surface area contributed by atoms with Crippen LogP contribution in [0.15, 0.2) is 131 Å². The van der Waals surface area contributed by atoms with Crippen molar-refractivity contribution in [3.8, 4) is 11.1 Å². The number of fused-ring (bicyclic) bond motifs is 5. The van der Waals surface area contributed by atoms with Gasteiger partial charge in [0.05, 0.1) is 11.4 Å². The van der Waals surface area contributed by atoms with Gasteiger partial charge in [-0.1, -0.05) is 78.9 Å². The predicted octanol–water partition coefficient (Wildman–Crippen LogP) is 9.59. The number of amidine groups is 1. The fourth-order valence-corrected chi connectivity index (χ4v) is 6.12. The van der Waals surface area contributed by atoms with Gasteiger partial charge in [-0.25, -0.2) is 4.99 Å². The van der Waals surface area contributed by atoms with E-state index in [1.54, 1.807) is 0 Å². The average Bonchev–Trinajstić information content (AvgIpc) is 3.34. The normalized spacial score (nSPS) is 12.8. The molecule has 40 heavy (non-hydrogen) atoms. The first kappa shape index (κ1) is 22.7. The summed E-state index contributed by atoms with van der Waals surface area (Å²) in [4.78, 5) is 11.9. The molecule has 0 saturated heterocycles. The van der Waals surface area contributed by atoms with Crippen molar-refractivity contribution in [2.75, 3.05) is 4.90 Å². The second-order valence-electron chi connectivity index (χ2n) is 10.3. The smallest absolute Gasteiger partial charge is 0.136 e. The summed E-state index contributed by atoms with van der Waals surface area (Å²) in [5.41, 5.74) is 7.62. The molecule has 0 unspecified atom stereocenters. The number of hydrogen-bond donors (Lipinski definition) is 0. The highest BCUT2D eigenvalue weighted by Crippen LogP contribution is 2.50. The van der Waals surface area contributed by atoms with Crippen LogP contribution in [0, 0.1) is 0 Å². The molecule has 4 nitrogen and oxygen atoms in total. The van der Waals surface area contributed by atoms with Crippen molar-refractivity contribution in [1.82, 2.24) is 4.98 Å². The number of rotatable bonds is 3. The van der Waals surface area contributed by atoms with E-state index >= 15 is 0 Å². The summed E-state index contributed by atoms with van der Waals surface area (Å²) in [7, 11) is 0. The van der Waals surface area contributed by atoms with Gasteiger partial charge in [0.1, 0.15) is 22.9 Å².